The smallest absolute Gasteiger partial charge is 0.243 e. The monoisotopic (exact) mass is 672 g/mol. The third kappa shape index (κ3) is 10.9. The van der Waals surface area contributed by atoms with E-state index in [2.05, 4.69) is 20.6 Å². The van der Waals surface area contributed by atoms with Crippen LogP contribution in [0, 0.1) is 17.8 Å². The third-order valence-corrected chi connectivity index (χ3v) is 12.9. The lowest BCUT2D eigenvalue weighted by Gasteiger charge is -2.36. The van der Waals surface area contributed by atoms with Crippen molar-refractivity contribution >= 4 is 21.7 Å². The molecule has 5 atom stereocenters. The summed E-state index contributed by atoms with van der Waals surface area (Å²) in [6.07, 6.45) is 12.1. The van der Waals surface area contributed by atoms with Gasteiger partial charge in [0.25, 0.3) is 0 Å². The van der Waals surface area contributed by atoms with Gasteiger partial charge in [-0.25, -0.2) is 13.4 Å². The summed E-state index contributed by atoms with van der Waals surface area (Å²) in [6.45, 7) is 4.86. The molecule has 4 rings (SSSR count). The predicted molar refractivity (Wildman–Crippen MR) is 183 cm³/mol. The molecule has 5 N–H and O–H groups in total. The van der Waals surface area contributed by atoms with Gasteiger partial charge in [0.15, 0.2) is 9.84 Å². The maximum Gasteiger partial charge on any atom is 0.243 e. The average molecular weight is 673 g/mol. The minimum Gasteiger partial charge on any atom is -0.390 e. The quantitative estimate of drug-likeness (QED) is 0.189. The van der Waals surface area contributed by atoms with Gasteiger partial charge in [0.2, 0.25) is 11.8 Å². The standard InChI is InChI=1S/C36H56N4O6S/c1-36(2,3)47(45,46)23-28(19-25-13-7-4-8-14-25)34(43)40-31(21-29-22-37-24-38-29)35(44)39-30(20-26-15-9-5-10-16-26)33(42)32(41)27-17-11-6-12-18-27/h4,7-8,13-14,22,24,26-28,30-33,41-42H,5-6,9-12,15-21,23H2,1-3H3,(H,37,38)(H,39,44)(H,40,43)/t28-,30-,31+,32-,33+/m1/s1. The van der Waals surface area contributed by atoms with Crippen molar-refractivity contribution < 1.29 is 28.2 Å². The Hall–Kier alpha value is -2.76. The number of nitrogens with one attached hydrogen (secondary N) is 3. The number of sulfone groups is 1. The lowest BCUT2D eigenvalue weighted by Crippen LogP contribution is -2.57. The molecule has 0 spiro atoms. The highest BCUT2D eigenvalue weighted by Gasteiger charge is 2.38. The van der Waals surface area contributed by atoms with E-state index in [0.29, 0.717) is 18.0 Å². The first-order chi connectivity index (χ1) is 22.3. The highest BCUT2D eigenvalue weighted by molar-refractivity contribution is 7.92. The molecule has 47 heavy (non-hydrogen) atoms. The average Bonchev–Trinajstić information content (AvgIpc) is 3.57. The van der Waals surface area contributed by atoms with Crippen LogP contribution in [0.15, 0.2) is 42.9 Å². The number of benzene rings is 1. The molecule has 262 valence electrons. The number of aromatic amines is 1. The van der Waals surface area contributed by atoms with Gasteiger partial charge in [-0.3, -0.25) is 9.59 Å². The van der Waals surface area contributed by atoms with Crippen molar-refractivity contribution in [2.75, 3.05) is 5.75 Å². The lowest BCUT2D eigenvalue weighted by molar-refractivity contribution is -0.132. The van der Waals surface area contributed by atoms with Crippen LogP contribution >= 0.6 is 0 Å². The molecule has 11 heteroatoms. The maximum absolute atomic E-state index is 14.1. The molecule has 0 aliphatic heterocycles. The first-order valence-corrected chi connectivity index (χ1v) is 19.2. The molecule has 1 aromatic carbocycles. The highest BCUT2D eigenvalue weighted by atomic mass is 32.2. The van der Waals surface area contributed by atoms with E-state index in [4.69, 9.17) is 0 Å². The number of nitrogens with zero attached hydrogens (tertiary/aromatic N) is 1. The normalized spacial score (nSPS) is 20.1. The number of hydrogen-bond donors (Lipinski definition) is 5. The molecule has 1 aromatic heterocycles. The van der Waals surface area contributed by atoms with Crippen LogP contribution in [0.5, 0.6) is 0 Å². The van der Waals surface area contributed by atoms with Crippen LogP contribution in [-0.4, -0.2) is 75.2 Å². The summed E-state index contributed by atoms with van der Waals surface area (Å²) in [5.41, 5.74) is 1.44. The zero-order chi connectivity index (χ0) is 34.0. The van der Waals surface area contributed by atoms with Crippen LogP contribution in [0.2, 0.25) is 0 Å². The fraction of sp³-hybridized carbons (Fsp3) is 0.694. The van der Waals surface area contributed by atoms with Crippen LogP contribution in [0.4, 0.5) is 0 Å². The van der Waals surface area contributed by atoms with Crippen molar-refractivity contribution in [1.82, 2.24) is 20.6 Å². The number of aromatic nitrogens is 2. The van der Waals surface area contributed by atoms with E-state index in [1.807, 2.05) is 30.3 Å². The van der Waals surface area contributed by atoms with E-state index in [1.54, 1.807) is 27.0 Å². The van der Waals surface area contributed by atoms with Crippen molar-refractivity contribution in [3.8, 4) is 0 Å². The molecule has 2 aliphatic rings. The topological polar surface area (TPSA) is 161 Å². The van der Waals surface area contributed by atoms with Crippen molar-refractivity contribution in [2.24, 2.45) is 17.8 Å². The van der Waals surface area contributed by atoms with Gasteiger partial charge >= 0.3 is 0 Å². The summed E-state index contributed by atoms with van der Waals surface area (Å²) in [5, 5.41) is 28.8. The van der Waals surface area contributed by atoms with E-state index < -0.39 is 56.6 Å². The second-order valence-corrected chi connectivity index (χ2v) is 17.6. The minimum absolute atomic E-state index is 0.0199. The number of H-pyrrole nitrogens is 1. The number of carbonyl (C=O) groups excluding carboxylic acids is 2. The van der Waals surface area contributed by atoms with Crippen molar-refractivity contribution in [3.63, 3.8) is 0 Å². The van der Waals surface area contributed by atoms with Crippen molar-refractivity contribution in [2.45, 2.75) is 133 Å². The summed E-state index contributed by atoms with van der Waals surface area (Å²) in [4.78, 5) is 35.2. The van der Waals surface area contributed by atoms with Gasteiger partial charge in [-0.2, -0.15) is 0 Å². The number of hydrogen-bond acceptors (Lipinski definition) is 7. The molecule has 2 aromatic rings. The van der Waals surface area contributed by atoms with E-state index in [0.717, 1.165) is 63.4 Å². The van der Waals surface area contributed by atoms with Crippen molar-refractivity contribution in [3.05, 3.63) is 54.1 Å². The van der Waals surface area contributed by atoms with Crippen LogP contribution < -0.4 is 10.6 Å². The van der Waals surface area contributed by atoms with Crippen LogP contribution in [0.25, 0.3) is 0 Å². The summed E-state index contributed by atoms with van der Waals surface area (Å²) in [5.74, 6) is -2.02. The molecule has 2 saturated carbocycles. The zero-order valence-electron chi connectivity index (χ0n) is 28.4. The summed E-state index contributed by atoms with van der Waals surface area (Å²) >= 11 is 0. The SMILES string of the molecule is CC(C)(C)S(=O)(=O)C[C@@H](Cc1ccccc1)C(=O)N[C@@H](Cc1cnc[nH]1)C(=O)N[C@H](CC1CCCCC1)[C@H](O)[C@H](O)C1CCCCC1. The lowest BCUT2D eigenvalue weighted by atomic mass is 9.78. The number of imidazole rings is 1. The molecule has 0 unspecified atom stereocenters. The first kappa shape index (κ1) is 37.1. The Balaban J connectivity index is 1.57. The molecule has 1 heterocycles. The fourth-order valence-corrected chi connectivity index (χ4v) is 8.40. The van der Waals surface area contributed by atoms with Crippen molar-refractivity contribution in [1.29, 1.82) is 0 Å². The minimum atomic E-state index is -3.67. The van der Waals surface area contributed by atoms with Gasteiger partial charge in [-0.15, -0.1) is 0 Å². The third-order valence-electron chi connectivity index (χ3n) is 10.2. The number of aliphatic hydroxyl groups excluding tert-OH is 2. The van der Waals surface area contributed by atoms with Gasteiger partial charge < -0.3 is 25.8 Å². The van der Waals surface area contributed by atoms with Crippen LogP contribution in [-0.2, 0) is 32.3 Å². The number of aliphatic hydroxyl groups is 2. The number of amides is 2. The molecule has 0 radical (unpaired) electrons. The Labute approximate surface area is 280 Å². The molecule has 0 saturated heterocycles. The Kier molecular flexibility index (Phi) is 13.5. The fourth-order valence-electron chi connectivity index (χ4n) is 7.10. The Morgan fingerprint density at radius 3 is 2.15 bits per heavy atom. The molecule has 0 bridgehead atoms. The van der Waals surface area contributed by atoms with E-state index in [1.165, 1.54) is 12.7 Å². The second kappa shape index (κ2) is 17.1. The highest BCUT2D eigenvalue weighted by Crippen LogP contribution is 2.32. The van der Waals surface area contributed by atoms with E-state index in [-0.39, 0.29) is 24.5 Å². The molecular formula is C36H56N4O6S. The summed E-state index contributed by atoms with van der Waals surface area (Å²) < 4.78 is 25.6. The number of carbonyl (C=O) groups is 2. The number of rotatable bonds is 15. The van der Waals surface area contributed by atoms with Gasteiger partial charge in [0.1, 0.15) is 12.1 Å². The van der Waals surface area contributed by atoms with Crippen LogP contribution in [0.1, 0.15) is 103 Å². The first-order valence-electron chi connectivity index (χ1n) is 17.5. The van der Waals surface area contributed by atoms with Gasteiger partial charge in [0, 0.05) is 18.3 Å². The molecule has 10 nitrogen and oxygen atoms in total. The maximum atomic E-state index is 14.1. The molecule has 2 amide bonds. The van der Waals surface area contributed by atoms with Crippen LogP contribution in [0.3, 0.4) is 0 Å². The van der Waals surface area contributed by atoms with Gasteiger partial charge in [-0.05, 0) is 63.9 Å². The largest absolute Gasteiger partial charge is 0.390 e. The Morgan fingerprint density at radius 2 is 1.55 bits per heavy atom. The van der Waals surface area contributed by atoms with Gasteiger partial charge in [0.05, 0.1) is 34.9 Å². The van der Waals surface area contributed by atoms with E-state index >= 15 is 0 Å². The van der Waals surface area contributed by atoms with Gasteiger partial charge in [-0.1, -0.05) is 81.7 Å². The Morgan fingerprint density at radius 1 is 0.915 bits per heavy atom. The summed E-state index contributed by atoms with van der Waals surface area (Å²) in [6, 6.07) is 7.50. The Bertz CT molecular complexity index is 1350. The zero-order valence-corrected chi connectivity index (χ0v) is 29.2. The summed E-state index contributed by atoms with van der Waals surface area (Å²) in [7, 11) is -3.67. The second-order valence-electron chi connectivity index (χ2n) is 14.9. The molecule has 2 aliphatic carbocycles. The molecular weight excluding hydrogens is 616 g/mol. The van der Waals surface area contributed by atoms with E-state index in [9.17, 15) is 28.2 Å². The molecule has 2 fully saturated rings. The predicted octanol–water partition coefficient (Wildman–Crippen LogP) is 4.27.